The number of carboxylic acid groups (broad SMARTS) is 1. The highest BCUT2D eigenvalue weighted by Crippen LogP contribution is 2.25. The molecule has 0 saturated heterocycles. The van der Waals surface area contributed by atoms with E-state index in [0.717, 1.165) is 19.6 Å². The lowest BCUT2D eigenvalue weighted by Gasteiger charge is -2.22. The summed E-state index contributed by atoms with van der Waals surface area (Å²) in [7, 11) is -4.64. The van der Waals surface area contributed by atoms with Crippen molar-refractivity contribution in [2.24, 2.45) is 11.5 Å². The van der Waals surface area contributed by atoms with Gasteiger partial charge < -0.3 is 41.5 Å². The number of hydrogen-bond acceptors (Lipinski definition) is 6. The summed E-state index contributed by atoms with van der Waals surface area (Å²) in [6.07, 6.45) is 10.9. The van der Waals surface area contributed by atoms with E-state index in [2.05, 4.69) is 29.8 Å². The van der Waals surface area contributed by atoms with Gasteiger partial charge in [-0.25, -0.2) is 4.57 Å². The average Bonchev–Trinajstić information content (AvgIpc) is 2.64. The zero-order chi connectivity index (χ0) is 23.0. The van der Waals surface area contributed by atoms with Gasteiger partial charge in [0.25, 0.3) is 0 Å². The highest BCUT2D eigenvalue weighted by molar-refractivity contribution is 7.45. The Morgan fingerprint density at radius 1 is 0.862 bits per heavy atom. The Bertz CT molecular complexity index is 349. The van der Waals surface area contributed by atoms with E-state index in [1.807, 2.05) is 0 Å². The molecule has 0 aliphatic heterocycles. The number of phosphoric acid groups is 1. The number of nitrogens with two attached hydrogens (primary N) is 2. The van der Waals surface area contributed by atoms with Crippen LogP contribution in [-0.2, 0) is 9.36 Å². The minimum atomic E-state index is -4.64. The lowest BCUT2D eigenvalue weighted by atomic mass is 10.1. The van der Waals surface area contributed by atoms with Crippen molar-refractivity contribution in [1.82, 2.24) is 10.2 Å². The second-order valence-corrected chi connectivity index (χ2v) is 7.64. The van der Waals surface area contributed by atoms with Crippen LogP contribution in [0.25, 0.3) is 0 Å². The normalized spacial score (nSPS) is 10.8. The first-order valence-electron chi connectivity index (χ1n) is 10.5. The maximum absolute atomic E-state index is 9.24. The first-order valence-corrected chi connectivity index (χ1v) is 12.0. The quantitative estimate of drug-likeness (QED) is 0.134. The maximum Gasteiger partial charge on any atom is 0.466 e. The van der Waals surface area contributed by atoms with Crippen LogP contribution >= 0.6 is 7.82 Å². The lowest BCUT2D eigenvalue weighted by molar-refractivity contribution is -0.135. The molecule has 0 amide bonds. The Morgan fingerprint density at radius 2 is 1.28 bits per heavy atom. The predicted octanol–water partition coefficient (Wildman–Crippen LogP) is 1.10. The van der Waals surface area contributed by atoms with Crippen LogP contribution in [0.2, 0.25) is 0 Å². The third-order valence-electron chi connectivity index (χ3n) is 3.76. The van der Waals surface area contributed by atoms with E-state index < -0.39 is 13.8 Å². The van der Waals surface area contributed by atoms with Crippen molar-refractivity contribution >= 4 is 13.8 Å². The molecule has 178 valence electrons. The van der Waals surface area contributed by atoms with Crippen molar-refractivity contribution in [3.05, 3.63) is 0 Å². The van der Waals surface area contributed by atoms with Crippen LogP contribution in [0.15, 0.2) is 0 Å². The number of hydrogen-bond donors (Lipinski definition) is 7. The first-order chi connectivity index (χ1) is 13.6. The molecule has 0 heterocycles. The standard InChI is InChI=1S/C16H37N3.C2H5NO2.H3O4P/c1-3-5-7-9-14-19(15-10-8-6-4-2)16-13-18-12-11-17;3-1-2(4)5;1-5(2,3)4/h18H,3-17H2,1-2H3;1,3H2,(H,4,5);(H3,1,2,3,4). The van der Waals surface area contributed by atoms with Gasteiger partial charge in [-0.2, -0.15) is 0 Å². The number of aliphatic carboxylic acids is 1. The van der Waals surface area contributed by atoms with Crippen molar-refractivity contribution in [2.75, 3.05) is 45.8 Å². The molecule has 0 aliphatic rings. The van der Waals surface area contributed by atoms with Crippen LogP contribution in [0, 0.1) is 0 Å². The number of unbranched alkanes of at least 4 members (excludes halogenated alkanes) is 6. The fourth-order valence-corrected chi connectivity index (χ4v) is 2.32. The van der Waals surface area contributed by atoms with Gasteiger partial charge in [0.1, 0.15) is 0 Å². The Labute approximate surface area is 176 Å². The lowest BCUT2D eigenvalue weighted by Crippen LogP contribution is -2.35. The van der Waals surface area contributed by atoms with Gasteiger partial charge >= 0.3 is 13.8 Å². The van der Waals surface area contributed by atoms with Crippen molar-refractivity contribution in [3.8, 4) is 0 Å². The molecular formula is C18H45N4O6P. The smallest absolute Gasteiger partial charge is 0.466 e. The molecule has 11 heteroatoms. The van der Waals surface area contributed by atoms with Crippen molar-refractivity contribution in [2.45, 2.75) is 65.2 Å². The molecule has 0 radical (unpaired) electrons. The summed E-state index contributed by atoms with van der Waals surface area (Å²) < 4.78 is 8.88. The van der Waals surface area contributed by atoms with Gasteiger partial charge in [0.05, 0.1) is 6.54 Å². The zero-order valence-electron chi connectivity index (χ0n) is 18.3. The molecule has 10 nitrogen and oxygen atoms in total. The van der Waals surface area contributed by atoms with Crippen molar-refractivity contribution < 1.29 is 29.1 Å². The summed E-state index contributed by atoms with van der Waals surface area (Å²) in [5.74, 6) is -0.968. The second-order valence-electron chi connectivity index (χ2n) is 6.61. The SMILES string of the molecule is CCCCCCN(CCCCCC)CCNCCN.NCC(=O)O.O=P(O)(O)O. The number of rotatable bonds is 16. The van der Waals surface area contributed by atoms with Crippen LogP contribution in [0.1, 0.15) is 65.2 Å². The first kappa shape index (κ1) is 33.1. The van der Waals surface area contributed by atoms with E-state index in [1.165, 1.54) is 71.0 Å². The predicted molar refractivity (Wildman–Crippen MR) is 118 cm³/mol. The van der Waals surface area contributed by atoms with Gasteiger partial charge in [-0.1, -0.05) is 52.4 Å². The van der Waals surface area contributed by atoms with Crippen LogP contribution in [-0.4, -0.2) is 76.5 Å². The van der Waals surface area contributed by atoms with Crippen LogP contribution in [0.3, 0.4) is 0 Å². The van der Waals surface area contributed by atoms with E-state index in [0.29, 0.717) is 0 Å². The summed E-state index contributed by atoms with van der Waals surface area (Å²) in [5, 5.41) is 11.0. The number of nitrogens with zero attached hydrogens (tertiary/aromatic N) is 1. The summed E-state index contributed by atoms with van der Waals surface area (Å²) >= 11 is 0. The largest absolute Gasteiger partial charge is 0.480 e. The summed E-state index contributed by atoms with van der Waals surface area (Å²) in [5.41, 5.74) is 10.1. The van der Waals surface area contributed by atoms with E-state index in [4.69, 9.17) is 30.1 Å². The summed E-state index contributed by atoms with van der Waals surface area (Å²) in [4.78, 5) is 33.4. The van der Waals surface area contributed by atoms with Gasteiger partial charge in [-0.3, -0.25) is 4.79 Å². The molecule has 0 atom stereocenters. The number of nitrogens with one attached hydrogen (secondary N) is 1. The topological polar surface area (TPSA) is 182 Å². The van der Waals surface area contributed by atoms with Crippen molar-refractivity contribution in [1.29, 1.82) is 0 Å². The molecule has 0 spiro atoms. The number of carbonyl (C=O) groups is 1. The van der Waals surface area contributed by atoms with E-state index >= 15 is 0 Å². The van der Waals surface area contributed by atoms with Gasteiger partial charge in [0.2, 0.25) is 0 Å². The molecule has 0 saturated carbocycles. The van der Waals surface area contributed by atoms with Crippen LogP contribution < -0.4 is 16.8 Å². The number of carboxylic acids is 1. The molecular weight excluding hydrogens is 399 g/mol. The molecule has 0 unspecified atom stereocenters. The Kier molecular flexibility index (Phi) is 29.0. The van der Waals surface area contributed by atoms with Crippen molar-refractivity contribution in [3.63, 3.8) is 0 Å². The Balaban J connectivity index is -0.000000555. The third-order valence-corrected chi connectivity index (χ3v) is 3.76. The van der Waals surface area contributed by atoms with Gasteiger partial charge in [-0.05, 0) is 25.9 Å². The monoisotopic (exact) mass is 444 g/mol. The Hall–Kier alpha value is -0.580. The van der Waals surface area contributed by atoms with Crippen LogP contribution in [0.5, 0.6) is 0 Å². The maximum atomic E-state index is 9.24. The van der Waals surface area contributed by atoms with Gasteiger partial charge in [-0.15, -0.1) is 0 Å². The molecule has 0 fully saturated rings. The van der Waals surface area contributed by atoms with E-state index in [1.54, 1.807) is 0 Å². The molecule has 29 heavy (non-hydrogen) atoms. The average molecular weight is 445 g/mol. The van der Waals surface area contributed by atoms with E-state index in [9.17, 15) is 4.79 Å². The molecule has 0 aromatic carbocycles. The Morgan fingerprint density at radius 3 is 1.59 bits per heavy atom. The van der Waals surface area contributed by atoms with Crippen LogP contribution in [0.4, 0.5) is 0 Å². The molecule has 9 N–H and O–H groups in total. The second kappa shape index (κ2) is 25.5. The minimum absolute atomic E-state index is 0.278. The molecule has 0 aromatic heterocycles. The fourth-order valence-electron chi connectivity index (χ4n) is 2.32. The highest BCUT2D eigenvalue weighted by atomic mass is 31.2. The summed E-state index contributed by atoms with van der Waals surface area (Å²) in [6.45, 7) is 10.8. The third kappa shape index (κ3) is 47.0. The minimum Gasteiger partial charge on any atom is -0.480 e. The fraction of sp³-hybridized carbons (Fsp3) is 0.944. The molecule has 0 aromatic rings. The van der Waals surface area contributed by atoms with E-state index in [-0.39, 0.29) is 6.54 Å². The summed E-state index contributed by atoms with van der Waals surface area (Å²) in [6, 6.07) is 0. The molecule has 0 bridgehead atoms. The molecule has 0 aliphatic carbocycles. The van der Waals surface area contributed by atoms with Gasteiger partial charge in [0.15, 0.2) is 0 Å². The zero-order valence-corrected chi connectivity index (χ0v) is 19.2. The molecule has 0 rings (SSSR count). The highest BCUT2D eigenvalue weighted by Gasteiger charge is 2.04. The van der Waals surface area contributed by atoms with Gasteiger partial charge in [0, 0.05) is 26.2 Å².